The quantitative estimate of drug-likeness (QED) is 0.594. The number of ketones is 2. The van der Waals surface area contributed by atoms with Gasteiger partial charge < -0.3 is 18.9 Å². The van der Waals surface area contributed by atoms with Gasteiger partial charge in [-0.2, -0.15) is 0 Å². The maximum absolute atomic E-state index is 13.5. The summed E-state index contributed by atoms with van der Waals surface area (Å²) < 4.78 is 25.0. The molecule has 0 amide bonds. The molecule has 6 nitrogen and oxygen atoms in total. The Bertz CT molecular complexity index is 1170. The zero-order chi connectivity index (χ0) is 24.2. The molecule has 2 saturated heterocycles. The molecule has 2 fully saturated rings. The lowest BCUT2D eigenvalue weighted by Crippen LogP contribution is -2.46. The lowest BCUT2D eigenvalue weighted by atomic mass is 9.66. The number of carbonyl (C=O) groups excluding carboxylic acids is 2. The molecule has 0 aromatic heterocycles. The minimum atomic E-state index is -0.755. The topological polar surface area (TPSA) is 71.1 Å². The zero-order valence-corrected chi connectivity index (χ0v) is 20.0. The van der Waals surface area contributed by atoms with Crippen molar-refractivity contribution in [2.75, 3.05) is 6.61 Å². The van der Waals surface area contributed by atoms with Crippen LogP contribution in [0.25, 0.3) is 0 Å². The molecule has 2 aromatic carbocycles. The van der Waals surface area contributed by atoms with E-state index in [9.17, 15) is 9.59 Å². The van der Waals surface area contributed by atoms with Crippen LogP contribution in [0.5, 0.6) is 0 Å². The van der Waals surface area contributed by atoms with E-state index in [1.807, 2.05) is 56.3 Å². The number of fused-ring (bicyclic) bond motifs is 4. The van der Waals surface area contributed by atoms with Gasteiger partial charge in [0.1, 0.15) is 12.2 Å². The number of benzene rings is 2. The summed E-state index contributed by atoms with van der Waals surface area (Å²) in [5.41, 5.74) is 3.24. The minimum absolute atomic E-state index is 0.00751. The number of allylic oxidation sites excluding steroid dienone is 1. The van der Waals surface area contributed by atoms with Gasteiger partial charge in [-0.05, 0) is 37.8 Å². The molecule has 2 heterocycles. The Morgan fingerprint density at radius 2 is 1.66 bits per heavy atom. The molecule has 2 aliphatic carbocycles. The van der Waals surface area contributed by atoms with E-state index >= 15 is 0 Å². The van der Waals surface area contributed by atoms with E-state index in [0.717, 1.165) is 11.1 Å². The van der Waals surface area contributed by atoms with Crippen molar-refractivity contribution in [1.82, 2.24) is 0 Å². The van der Waals surface area contributed by atoms with Crippen LogP contribution in [0.1, 0.15) is 53.0 Å². The second kappa shape index (κ2) is 8.79. The second-order valence-electron chi connectivity index (χ2n) is 10.4. The van der Waals surface area contributed by atoms with Crippen LogP contribution in [-0.2, 0) is 25.6 Å². The van der Waals surface area contributed by atoms with Gasteiger partial charge in [-0.25, -0.2) is 0 Å². The Labute approximate surface area is 205 Å². The van der Waals surface area contributed by atoms with E-state index in [4.69, 9.17) is 18.9 Å². The molecular weight excluding hydrogens is 444 g/mol. The number of hydrogen-bond donors (Lipinski definition) is 0. The van der Waals surface area contributed by atoms with E-state index < -0.39 is 17.8 Å². The average molecular weight is 475 g/mol. The predicted octanol–water partition coefficient (Wildman–Crippen LogP) is 4.52. The third-order valence-corrected chi connectivity index (χ3v) is 7.60. The number of rotatable bonds is 5. The molecule has 35 heavy (non-hydrogen) atoms. The first-order chi connectivity index (χ1) is 16.9. The molecule has 6 rings (SSSR count). The molecule has 0 spiro atoms. The second-order valence-corrected chi connectivity index (χ2v) is 10.4. The summed E-state index contributed by atoms with van der Waals surface area (Å²) >= 11 is 0. The normalized spacial score (nSPS) is 33.1. The van der Waals surface area contributed by atoms with Crippen LogP contribution >= 0.6 is 0 Å². The summed E-state index contributed by atoms with van der Waals surface area (Å²) in [4.78, 5) is 26.7. The van der Waals surface area contributed by atoms with Crippen LogP contribution in [0, 0.1) is 11.8 Å². The standard InChI is InChI=1S/C29H30O6/c1-29(2)34-23(16-32-15-17-8-4-3-5-9-17)28(35-29)22-14-18-12-13-21-24(27(18)33-22)26(31)20-11-7-6-10-19(20)25(21)30/h3-12,21-24,27-28H,13-16H2,1-2H3/t21-,22+,23+,24+,27+,28+/m1/s1. The highest BCUT2D eigenvalue weighted by Gasteiger charge is 2.55. The van der Waals surface area contributed by atoms with Gasteiger partial charge in [-0.1, -0.05) is 60.7 Å². The molecule has 0 bridgehead atoms. The molecule has 0 N–H and O–H groups in total. The smallest absolute Gasteiger partial charge is 0.170 e. The lowest BCUT2D eigenvalue weighted by Gasteiger charge is -2.37. The first kappa shape index (κ1) is 22.8. The maximum Gasteiger partial charge on any atom is 0.170 e. The van der Waals surface area contributed by atoms with Crippen molar-refractivity contribution in [2.45, 2.75) is 63.5 Å². The van der Waals surface area contributed by atoms with Crippen molar-refractivity contribution < 1.29 is 28.5 Å². The van der Waals surface area contributed by atoms with E-state index in [2.05, 4.69) is 6.08 Å². The average Bonchev–Trinajstić information content (AvgIpc) is 3.42. The molecule has 2 aromatic rings. The van der Waals surface area contributed by atoms with E-state index in [1.54, 1.807) is 12.1 Å². The van der Waals surface area contributed by atoms with Crippen LogP contribution < -0.4 is 0 Å². The SMILES string of the molecule is CC1(C)O[C@@H]([C@@H]2CC3=CC[C@H]4C(=O)c5ccccc5C(=O)[C@H]4[C@H]3O2)[C@H](COCc2ccccc2)O1. The Morgan fingerprint density at radius 1 is 0.943 bits per heavy atom. The Hall–Kier alpha value is -2.64. The summed E-state index contributed by atoms with van der Waals surface area (Å²) in [6, 6.07) is 17.2. The van der Waals surface area contributed by atoms with Gasteiger partial charge in [0.15, 0.2) is 17.4 Å². The first-order valence-corrected chi connectivity index (χ1v) is 12.4. The van der Waals surface area contributed by atoms with E-state index in [0.29, 0.717) is 37.2 Å². The molecule has 182 valence electrons. The Morgan fingerprint density at radius 3 is 2.43 bits per heavy atom. The van der Waals surface area contributed by atoms with Crippen molar-refractivity contribution in [3.8, 4) is 0 Å². The minimum Gasteiger partial charge on any atom is -0.374 e. The summed E-state index contributed by atoms with van der Waals surface area (Å²) in [7, 11) is 0. The van der Waals surface area contributed by atoms with E-state index in [-0.39, 0.29) is 35.8 Å². The third kappa shape index (κ3) is 4.08. The van der Waals surface area contributed by atoms with Crippen LogP contribution in [0.4, 0.5) is 0 Å². The highest BCUT2D eigenvalue weighted by Crippen LogP contribution is 2.47. The molecule has 6 atom stereocenters. The van der Waals surface area contributed by atoms with E-state index in [1.165, 1.54) is 0 Å². The van der Waals surface area contributed by atoms with Gasteiger partial charge in [0.25, 0.3) is 0 Å². The molecule has 4 aliphatic rings. The molecule has 6 heteroatoms. The highest BCUT2D eigenvalue weighted by molar-refractivity contribution is 6.16. The van der Waals surface area contributed by atoms with Crippen molar-refractivity contribution >= 4 is 11.6 Å². The number of hydrogen-bond acceptors (Lipinski definition) is 6. The van der Waals surface area contributed by atoms with Gasteiger partial charge in [0, 0.05) is 17.0 Å². The van der Waals surface area contributed by atoms with Crippen molar-refractivity contribution in [3.05, 3.63) is 82.9 Å². The van der Waals surface area contributed by atoms with Gasteiger partial charge >= 0.3 is 0 Å². The summed E-state index contributed by atoms with van der Waals surface area (Å²) in [5, 5.41) is 0. The number of ether oxygens (including phenoxy) is 4. The highest BCUT2D eigenvalue weighted by atomic mass is 16.8. The molecule has 2 aliphatic heterocycles. The molecule has 0 unspecified atom stereocenters. The lowest BCUT2D eigenvalue weighted by molar-refractivity contribution is -0.161. The van der Waals surface area contributed by atoms with Crippen molar-refractivity contribution in [2.24, 2.45) is 11.8 Å². The third-order valence-electron chi connectivity index (χ3n) is 7.60. The largest absolute Gasteiger partial charge is 0.374 e. The fourth-order valence-electron chi connectivity index (χ4n) is 6.07. The van der Waals surface area contributed by atoms with Gasteiger partial charge in [-0.15, -0.1) is 0 Å². The molecule has 0 radical (unpaired) electrons. The Balaban J connectivity index is 1.19. The van der Waals surface area contributed by atoms with Crippen LogP contribution in [0.15, 0.2) is 66.2 Å². The zero-order valence-electron chi connectivity index (χ0n) is 20.0. The fraction of sp³-hybridized carbons (Fsp3) is 0.448. The molecule has 0 saturated carbocycles. The van der Waals surface area contributed by atoms with Gasteiger partial charge in [-0.3, -0.25) is 9.59 Å². The Kier molecular flexibility index (Phi) is 5.72. The number of carbonyl (C=O) groups is 2. The summed E-state index contributed by atoms with van der Waals surface area (Å²) in [6.07, 6.45) is 2.05. The summed E-state index contributed by atoms with van der Waals surface area (Å²) in [5.74, 6) is -1.55. The predicted molar refractivity (Wildman–Crippen MR) is 128 cm³/mol. The maximum atomic E-state index is 13.5. The van der Waals surface area contributed by atoms with Crippen molar-refractivity contribution in [1.29, 1.82) is 0 Å². The van der Waals surface area contributed by atoms with Crippen LogP contribution in [-0.4, -0.2) is 48.4 Å². The van der Waals surface area contributed by atoms with Crippen molar-refractivity contribution in [3.63, 3.8) is 0 Å². The summed E-state index contributed by atoms with van der Waals surface area (Å²) in [6.45, 7) is 4.67. The monoisotopic (exact) mass is 474 g/mol. The fourth-order valence-corrected chi connectivity index (χ4v) is 6.07. The van der Waals surface area contributed by atoms with Gasteiger partial charge in [0.2, 0.25) is 0 Å². The first-order valence-electron chi connectivity index (χ1n) is 12.4. The van der Waals surface area contributed by atoms with Crippen LogP contribution in [0.2, 0.25) is 0 Å². The van der Waals surface area contributed by atoms with Crippen LogP contribution in [0.3, 0.4) is 0 Å². The van der Waals surface area contributed by atoms with Gasteiger partial charge in [0.05, 0.1) is 31.3 Å². The molecular formula is C29H30O6. The number of Topliss-reactive ketones (excluding diaryl/α,β-unsaturated/α-hetero) is 2.